The summed E-state index contributed by atoms with van der Waals surface area (Å²) in [6, 6.07) is 0. The van der Waals surface area contributed by atoms with E-state index in [0.29, 0.717) is 6.42 Å². The number of aliphatic carboxylic acids is 1. The van der Waals surface area contributed by atoms with Crippen LogP contribution >= 0.6 is 0 Å². The smallest absolute Gasteiger partial charge is 0.329 e. The zero-order valence-electron chi connectivity index (χ0n) is 12.0. The summed E-state index contributed by atoms with van der Waals surface area (Å²) in [6.07, 6.45) is 2.22. The molecule has 0 heterocycles. The molecule has 0 aliphatic carbocycles. The van der Waals surface area contributed by atoms with Crippen molar-refractivity contribution in [2.75, 3.05) is 18.6 Å². The van der Waals surface area contributed by atoms with E-state index < -0.39 is 33.0 Å². The third-order valence-corrected chi connectivity index (χ3v) is 4.74. The quantitative estimate of drug-likeness (QED) is 0.672. The van der Waals surface area contributed by atoms with Gasteiger partial charge in [-0.15, -0.1) is 0 Å². The van der Waals surface area contributed by atoms with Gasteiger partial charge in [0, 0.05) is 7.05 Å². The van der Waals surface area contributed by atoms with Crippen molar-refractivity contribution >= 4 is 21.7 Å². The summed E-state index contributed by atoms with van der Waals surface area (Å²) in [7, 11) is -2.16. The lowest BCUT2D eigenvalue weighted by atomic mass is 10.0. The van der Waals surface area contributed by atoms with E-state index in [-0.39, 0.29) is 5.75 Å². The third kappa shape index (κ3) is 5.59. The fourth-order valence-corrected chi connectivity index (χ4v) is 2.74. The molecule has 0 fully saturated rings. The van der Waals surface area contributed by atoms with Crippen LogP contribution in [0.3, 0.4) is 0 Å². The summed E-state index contributed by atoms with van der Waals surface area (Å²) in [5.74, 6) is -2.53. The van der Waals surface area contributed by atoms with E-state index in [9.17, 15) is 18.0 Å². The van der Waals surface area contributed by atoms with Crippen molar-refractivity contribution < 1.29 is 23.1 Å². The SMILES string of the molecule is CCCCCS(=O)(=O)CC(=O)N(C)C(C)(C)C(=O)O. The number of carbonyl (C=O) groups excluding carboxylic acids is 1. The first kappa shape index (κ1) is 17.9. The number of amides is 1. The topological polar surface area (TPSA) is 91.8 Å². The molecular formula is C12H23NO5S. The van der Waals surface area contributed by atoms with E-state index in [1.165, 1.54) is 20.9 Å². The normalized spacial score (nSPS) is 12.2. The molecule has 0 aromatic rings. The molecule has 0 aliphatic rings. The van der Waals surface area contributed by atoms with E-state index in [1.54, 1.807) is 0 Å². The number of nitrogens with zero attached hydrogens (tertiary/aromatic N) is 1. The Kier molecular flexibility index (Phi) is 6.48. The highest BCUT2D eigenvalue weighted by Crippen LogP contribution is 2.13. The van der Waals surface area contributed by atoms with Crippen LogP contribution in [-0.2, 0) is 19.4 Å². The number of hydrogen-bond acceptors (Lipinski definition) is 4. The molecule has 0 radical (unpaired) electrons. The van der Waals surface area contributed by atoms with E-state index in [1.807, 2.05) is 6.92 Å². The Morgan fingerprint density at radius 1 is 1.21 bits per heavy atom. The lowest BCUT2D eigenvalue weighted by molar-refractivity contribution is -0.154. The first-order chi connectivity index (χ1) is 8.54. The van der Waals surface area contributed by atoms with Crippen LogP contribution in [0.25, 0.3) is 0 Å². The Labute approximate surface area is 114 Å². The Morgan fingerprint density at radius 2 is 1.74 bits per heavy atom. The van der Waals surface area contributed by atoms with E-state index in [0.717, 1.165) is 17.7 Å². The molecule has 1 amide bonds. The second-order valence-corrected chi connectivity index (χ2v) is 7.30. The van der Waals surface area contributed by atoms with Crippen LogP contribution in [0.1, 0.15) is 40.0 Å². The number of unbranched alkanes of at least 4 members (excludes halogenated alkanes) is 2. The van der Waals surface area contributed by atoms with Crippen molar-refractivity contribution in [1.29, 1.82) is 0 Å². The highest BCUT2D eigenvalue weighted by Gasteiger charge is 2.36. The minimum atomic E-state index is -3.47. The molecule has 0 aromatic heterocycles. The highest BCUT2D eigenvalue weighted by molar-refractivity contribution is 7.92. The number of carboxylic acid groups (broad SMARTS) is 1. The molecule has 112 valence electrons. The Hall–Kier alpha value is -1.11. The van der Waals surface area contributed by atoms with Gasteiger partial charge in [0.2, 0.25) is 5.91 Å². The fraction of sp³-hybridized carbons (Fsp3) is 0.833. The molecule has 7 heteroatoms. The lowest BCUT2D eigenvalue weighted by Crippen LogP contribution is -2.52. The Morgan fingerprint density at radius 3 is 2.16 bits per heavy atom. The molecule has 0 saturated carbocycles. The predicted molar refractivity (Wildman–Crippen MR) is 72.7 cm³/mol. The summed E-state index contributed by atoms with van der Waals surface area (Å²) >= 11 is 0. The van der Waals surface area contributed by atoms with E-state index >= 15 is 0 Å². The van der Waals surface area contributed by atoms with Crippen LogP contribution in [0.15, 0.2) is 0 Å². The van der Waals surface area contributed by atoms with Crippen LogP contribution in [0.2, 0.25) is 0 Å². The van der Waals surface area contributed by atoms with Gasteiger partial charge >= 0.3 is 5.97 Å². The number of carboxylic acids is 1. The van der Waals surface area contributed by atoms with Crippen molar-refractivity contribution in [2.24, 2.45) is 0 Å². The minimum Gasteiger partial charge on any atom is -0.480 e. The van der Waals surface area contributed by atoms with Gasteiger partial charge in [0.25, 0.3) is 0 Å². The van der Waals surface area contributed by atoms with Crippen molar-refractivity contribution in [3.05, 3.63) is 0 Å². The summed E-state index contributed by atoms with van der Waals surface area (Å²) in [5, 5.41) is 8.99. The van der Waals surface area contributed by atoms with Gasteiger partial charge in [-0.25, -0.2) is 13.2 Å². The van der Waals surface area contributed by atoms with Crippen LogP contribution in [0.4, 0.5) is 0 Å². The number of hydrogen-bond donors (Lipinski definition) is 1. The molecule has 0 spiro atoms. The van der Waals surface area contributed by atoms with Gasteiger partial charge in [-0.3, -0.25) is 4.79 Å². The van der Waals surface area contributed by atoms with Gasteiger partial charge in [0.05, 0.1) is 5.75 Å². The zero-order chi connectivity index (χ0) is 15.3. The maximum atomic E-state index is 11.8. The number of sulfone groups is 1. The first-order valence-electron chi connectivity index (χ1n) is 6.25. The second kappa shape index (κ2) is 6.88. The average Bonchev–Trinajstić information content (AvgIpc) is 2.27. The number of likely N-dealkylation sites (N-methyl/N-ethyl adjacent to an activating group) is 1. The van der Waals surface area contributed by atoms with Crippen LogP contribution < -0.4 is 0 Å². The van der Waals surface area contributed by atoms with Gasteiger partial charge in [-0.05, 0) is 20.3 Å². The molecule has 0 aromatic carbocycles. The second-order valence-electron chi connectivity index (χ2n) is 5.12. The lowest BCUT2D eigenvalue weighted by Gasteiger charge is -2.31. The van der Waals surface area contributed by atoms with Gasteiger partial charge < -0.3 is 10.0 Å². The zero-order valence-corrected chi connectivity index (χ0v) is 12.8. The highest BCUT2D eigenvalue weighted by atomic mass is 32.2. The molecule has 1 N–H and O–H groups in total. The minimum absolute atomic E-state index is 0.0338. The summed E-state index contributed by atoms with van der Waals surface area (Å²) in [5.41, 5.74) is -1.42. The summed E-state index contributed by atoms with van der Waals surface area (Å²) in [4.78, 5) is 23.8. The van der Waals surface area contributed by atoms with Crippen molar-refractivity contribution in [3.63, 3.8) is 0 Å². The van der Waals surface area contributed by atoms with Gasteiger partial charge in [0.15, 0.2) is 9.84 Å². The third-order valence-electron chi connectivity index (χ3n) is 3.14. The van der Waals surface area contributed by atoms with Crippen LogP contribution in [0.5, 0.6) is 0 Å². The van der Waals surface area contributed by atoms with Crippen molar-refractivity contribution in [2.45, 2.75) is 45.6 Å². The van der Waals surface area contributed by atoms with E-state index in [4.69, 9.17) is 5.11 Å². The average molecular weight is 293 g/mol. The fourth-order valence-electron chi connectivity index (χ4n) is 1.38. The summed E-state index contributed by atoms with van der Waals surface area (Å²) < 4.78 is 23.4. The van der Waals surface area contributed by atoms with Gasteiger partial charge in [-0.1, -0.05) is 19.8 Å². The van der Waals surface area contributed by atoms with Gasteiger partial charge in [-0.2, -0.15) is 0 Å². The van der Waals surface area contributed by atoms with Crippen LogP contribution in [0, 0.1) is 0 Å². The molecule has 0 rings (SSSR count). The van der Waals surface area contributed by atoms with E-state index in [2.05, 4.69) is 0 Å². The largest absolute Gasteiger partial charge is 0.480 e. The van der Waals surface area contributed by atoms with Gasteiger partial charge in [0.1, 0.15) is 11.3 Å². The molecule has 0 atom stereocenters. The molecule has 19 heavy (non-hydrogen) atoms. The summed E-state index contributed by atoms with van der Waals surface area (Å²) in [6.45, 7) is 4.68. The first-order valence-corrected chi connectivity index (χ1v) is 8.07. The number of carbonyl (C=O) groups is 2. The van der Waals surface area contributed by atoms with Crippen molar-refractivity contribution in [3.8, 4) is 0 Å². The maximum absolute atomic E-state index is 11.8. The molecule has 6 nitrogen and oxygen atoms in total. The predicted octanol–water partition coefficient (Wildman–Crippen LogP) is 0.913. The molecule has 0 aliphatic heterocycles. The maximum Gasteiger partial charge on any atom is 0.329 e. The standard InChI is InChI=1S/C12H23NO5S/c1-5-6-7-8-19(17,18)9-10(14)13(4)12(2,3)11(15)16/h5-9H2,1-4H3,(H,15,16). The Bertz CT molecular complexity index is 427. The molecular weight excluding hydrogens is 270 g/mol. The molecule has 0 saturated heterocycles. The molecule has 0 unspecified atom stereocenters. The van der Waals surface area contributed by atoms with Crippen LogP contribution in [-0.4, -0.2) is 54.4 Å². The number of rotatable bonds is 8. The Balaban J connectivity index is 4.65. The van der Waals surface area contributed by atoms with Crippen molar-refractivity contribution in [1.82, 2.24) is 4.90 Å². The monoisotopic (exact) mass is 293 g/mol. The molecule has 0 bridgehead atoms.